The van der Waals surface area contributed by atoms with Gasteiger partial charge in [-0.3, -0.25) is 0 Å². The molecule has 1 aromatic heterocycles. The van der Waals surface area contributed by atoms with Gasteiger partial charge in [-0.05, 0) is 106 Å². The molecule has 43 heavy (non-hydrogen) atoms. The lowest BCUT2D eigenvalue weighted by atomic mass is 10.1. The Kier molecular flexibility index (Phi) is 6.71. The van der Waals surface area contributed by atoms with Crippen LogP contribution in [0.5, 0.6) is 0 Å². The minimum atomic E-state index is -0.0405. The van der Waals surface area contributed by atoms with Gasteiger partial charge in [0.25, 0.3) is 0 Å². The van der Waals surface area contributed by atoms with E-state index in [-0.39, 0.29) is 5.54 Å². The topological polar surface area (TPSA) is 11.4 Å². The van der Waals surface area contributed by atoms with E-state index in [4.69, 9.17) is 0 Å². The van der Waals surface area contributed by atoms with Crippen LogP contribution in [0.15, 0.2) is 158 Å². The zero-order valence-corrected chi connectivity index (χ0v) is 24.9. The van der Waals surface area contributed by atoms with Crippen LogP contribution in [-0.2, 0) is 5.54 Å². The molecule has 0 aliphatic rings. The Morgan fingerprint density at radius 1 is 0.372 bits per heavy atom. The number of fused-ring (bicyclic) bond motifs is 3. The van der Waals surface area contributed by atoms with Crippen molar-refractivity contribution in [3.05, 3.63) is 158 Å². The first-order valence-corrected chi connectivity index (χ1v) is 14.9. The highest BCUT2D eigenvalue weighted by Crippen LogP contribution is 2.41. The average molecular weight is 558 g/mol. The first-order chi connectivity index (χ1) is 21.0. The first-order valence-electron chi connectivity index (χ1n) is 14.9. The van der Waals surface area contributed by atoms with Crippen molar-refractivity contribution in [2.45, 2.75) is 26.3 Å². The van der Waals surface area contributed by atoms with Crippen LogP contribution in [-0.4, -0.2) is 4.57 Å². The van der Waals surface area contributed by atoms with Crippen molar-refractivity contribution in [2.24, 2.45) is 0 Å². The maximum Gasteiger partial charge on any atom is 0.0497 e. The molecule has 0 amide bonds. The second-order valence-electron chi connectivity index (χ2n) is 11.9. The van der Waals surface area contributed by atoms with E-state index in [9.17, 15) is 0 Å². The van der Waals surface area contributed by atoms with Crippen molar-refractivity contribution >= 4 is 55.9 Å². The van der Waals surface area contributed by atoms with Crippen LogP contribution in [0, 0.1) is 0 Å². The van der Waals surface area contributed by atoms with Crippen molar-refractivity contribution in [2.75, 3.05) is 9.80 Å². The quantitative estimate of drug-likeness (QED) is 0.201. The highest BCUT2D eigenvalue weighted by molar-refractivity contribution is 6.09. The van der Waals surface area contributed by atoms with Gasteiger partial charge in [-0.1, -0.05) is 72.8 Å². The summed E-state index contributed by atoms with van der Waals surface area (Å²) in [7, 11) is 0. The zero-order valence-electron chi connectivity index (χ0n) is 24.9. The molecule has 7 aromatic rings. The fourth-order valence-corrected chi connectivity index (χ4v) is 6.20. The maximum atomic E-state index is 2.46. The van der Waals surface area contributed by atoms with Gasteiger partial charge in [0.2, 0.25) is 0 Å². The molecule has 3 nitrogen and oxygen atoms in total. The summed E-state index contributed by atoms with van der Waals surface area (Å²) in [6, 6.07) is 56.2. The Labute approximate surface area is 253 Å². The number of rotatable bonds is 6. The molecule has 0 aliphatic heterocycles. The molecule has 0 radical (unpaired) electrons. The Balaban J connectivity index is 1.36. The number of benzene rings is 6. The molecule has 1 heterocycles. The summed E-state index contributed by atoms with van der Waals surface area (Å²) in [5.41, 5.74) is 9.20. The van der Waals surface area contributed by atoms with Crippen molar-refractivity contribution < 1.29 is 0 Å². The van der Waals surface area contributed by atoms with Gasteiger partial charge in [-0.15, -0.1) is 0 Å². The minimum Gasteiger partial charge on any atom is -0.335 e. The number of aromatic nitrogens is 1. The van der Waals surface area contributed by atoms with Gasteiger partial charge < -0.3 is 14.4 Å². The predicted molar refractivity (Wildman–Crippen MR) is 184 cm³/mol. The molecular weight excluding hydrogens is 522 g/mol. The van der Waals surface area contributed by atoms with E-state index in [0.29, 0.717) is 0 Å². The molecule has 0 unspecified atom stereocenters. The van der Waals surface area contributed by atoms with E-state index in [1.165, 1.54) is 21.8 Å². The van der Waals surface area contributed by atoms with Gasteiger partial charge in [0, 0.05) is 61.5 Å². The average Bonchev–Trinajstić information content (AvgIpc) is 3.38. The number of hydrogen-bond donors (Lipinski definition) is 0. The number of hydrogen-bond acceptors (Lipinski definition) is 2. The summed E-state index contributed by atoms with van der Waals surface area (Å²) in [4.78, 5) is 4.64. The van der Waals surface area contributed by atoms with E-state index in [1.54, 1.807) is 0 Å². The molecule has 0 saturated carbocycles. The molecule has 3 heteroatoms. The van der Waals surface area contributed by atoms with Crippen LogP contribution in [0.1, 0.15) is 20.8 Å². The van der Waals surface area contributed by atoms with Crippen LogP contribution >= 0.6 is 0 Å². The van der Waals surface area contributed by atoms with Gasteiger partial charge in [-0.25, -0.2) is 0 Å². The Morgan fingerprint density at radius 3 is 1.23 bits per heavy atom. The van der Waals surface area contributed by atoms with Crippen molar-refractivity contribution in [3.8, 4) is 0 Å². The predicted octanol–water partition coefficient (Wildman–Crippen LogP) is 11.5. The molecule has 0 fully saturated rings. The molecule has 210 valence electrons. The molecule has 0 atom stereocenters. The summed E-state index contributed by atoms with van der Waals surface area (Å²) in [5, 5.41) is 2.54. The minimum absolute atomic E-state index is 0.0405. The first kappa shape index (κ1) is 26.6. The third kappa shape index (κ3) is 4.93. The summed E-state index contributed by atoms with van der Waals surface area (Å²) >= 11 is 0. The van der Waals surface area contributed by atoms with Crippen LogP contribution in [0.25, 0.3) is 21.8 Å². The van der Waals surface area contributed by atoms with E-state index in [2.05, 4.69) is 193 Å². The second kappa shape index (κ2) is 10.8. The number of nitrogens with zero attached hydrogens (tertiary/aromatic N) is 3. The fraction of sp³-hybridized carbons (Fsp3) is 0.100. The summed E-state index contributed by atoms with van der Waals surface area (Å²) < 4.78 is 2.46. The van der Waals surface area contributed by atoms with E-state index < -0.39 is 0 Å². The van der Waals surface area contributed by atoms with Gasteiger partial charge in [0.05, 0.1) is 0 Å². The molecule has 0 N–H and O–H groups in total. The van der Waals surface area contributed by atoms with Crippen LogP contribution in [0.4, 0.5) is 34.1 Å². The Hall–Kier alpha value is -5.28. The van der Waals surface area contributed by atoms with Gasteiger partial charge >= 0.3 is 0 Å². The lowest BCUT2D eigenvalue weighted by molar-refractivity contribution is 0.423. The Bertz CT molecular complexity index is 1950. The van der Waals surface area contributed by atoms with Gasteiger partial charge in [0.1, 0.15) is 0 Å². The SMILES string of the molecule is CC(C)(C)n1c2ccccc2c2cc(N(c3ccccc3)c3ccc(N(c4ccccc4)c4ccccc4)cc3)ccc21. The molecule has 6 aromatic carbocycles. The third-order valence-corrected chi connectivity index (χ3v) is 7.99. The lowest BCUT2D eigenvalue weighted by Crippen LogP contribution is -2.21. The normalized spacial score (nSPS) is 11.6. The summed E-state index contributed by atoms with van der Waals surface area (Å²) in [6.45, 7) is 6.83. The molecule has 0 spiro atoms. The van der Waals surface area contributed by atoms with Crippen molar-refractivity contribution in [1.29, 1.82) is 0 Å². The maximum absolute atomic E-state index is 2.46. The summed E-state index contributed by atoms with van der Waals surface area (Å²) in [6.07, 6.45) is 0. The van der Waals surface area contributed by atoms with Crippen molar-refractivity contribution in [3.63, 3.8) is 0 Å². The van der Waals surface area contributed by atoms with Crippen LogP contribution in [0.3, 0.4) is 0 Å². The number of para-hydroxylation sites is 4. The largest absolute Gasteiger partial charge is 0.335 e. The van der Waals surface area contributed by atoms with E-state index in [0.717, 1.165) is 34.1 Å². The zero-order chi connectivity index (χ0) is 29.4. The number of anilines is 6. The fourth-order valence-electron chi connectivity index (χ4n) is 6.20. The lowest BCUT2D eigenvalue weighted by Gasteiger charge is -2.28. The molecule has 0 saturated heterocycles. The van der Waals surface area contributed by atoms with E-state index >= 15 is 0 Å². The summed E-state index contributed by atoms with van der Waals surface area (Å²) in [5.74, 6) is 0. The van der Waals surface area contributed by atoms with E-state index in [1.807, 2.05) is 0 Å². The Morgan fingerprint density at radius 2 is 0.744 bits per heavy atom. The third-order valence-electron chi connectivity index (χ3n) is 7.99. The standard InChI is InChI=1S/C40H35N3/c1-40(2,3)43-38-22-14-13-21-36(38)37-29-35(27-28-39(37)43)42(32-19-11-6-12-20-32)34-25-23-33(24-26-34)41(30-15-7-4-8-16-30)31-17-9-5-10-18-31/h4-29H,1-3H3. The van der Waals surface area contributed by atoms with Gasteiger partial charge in [-0.2, -0.15) is 0 Å². The monoisotopic (exact) mass is 557 g/mol. The van der Waals surface area contributed by atoms with Crippen molar-refractivity contribution in [1.82, 2.24) is 4.57 Å². The molecule has 0 bridgehead atoms. The van der Waals surface area contributed by atoms with Crippen LogP contribution in [0.2, 0.25) is 0 Å². The molecule has 7 rings (SSSR count). The highest BCUT2D eigenvalue weighted by atomic mass is 15.2. The highest BCUT2D eigenvalue weighted by Gasteiger charge is 2.22. The van der Waals surface area contributed by atoms with Gasteiger partial charge in [0.15, 0.2) is 0 Å². The molecule has 0 aliphatic carbocycles. The van der Waals surface area contributed by atoms with Crippen LogP contribution < -0.4 is 9.80 Å². The molecular formula is C40H35N3. The second-order valence-corrected chi connectivity index (χ2v) is 11.9. The smallest absolute Gasteiger partial charge is 0.0497 e.